The Labute approximate surface area is 113 Å². The van der Waals surface area contributed by atoms with Crippen LogP contribution in [0.2, 0.25) is 0 Å². The van der Waals surface area contributed by atoms with E-state index in [1.807, 2.05) is 0 Å². The van der Waals surface area contributed by atoms with Crippen molar-refractivity contribution in [3.8, 4) is 0 Å². The van der Waals surface area contributed by atoms with E-state index in [1.54, 1.807) is 7.05 Å². The van der Waals surface area contributed by atoms with Crippen LogP contribution in [0.15, 0.2) is 6.20 Å². The number of nitrogens with two attached hydrogens (primary N) is 1. The van der Waals surface area contributed by atoms with E-state index in [9.17, 15) is 4.79 Å². The normalized spacial score (nSPS) is 17.6. The van der Waals surface area contributed by atoms with Gasteiger partial charge >= 0.3 is 0 Å². The zero-order chi connectivity index (χ0) is 13.8. The number of piperidine rings is 1. The van der Waals surface area contributed by atoms with Crippen molar-refractivity contribution in [2.75, 3.05) is 31.9 Å². The number of aryl methyl sites for hydroxylation is 1. The summed E-state index contributed by atoms with van der Waals surface area (Å²) in [4.78, 5) is 14.5. The van der Waals surface area contributed by atoms with E-state index in [0.717, 1.165) is 39.0 Å². The fraction of sp³-hybridized carbons (Fsp3) is 0.692. The van der Waals surface area contributed by atoms with Crippen molar-refractivity contribution in [3.05, 3.63) is 11.9 Å². The van der Waals surface area contributed by atoms with Gasteiger partial charge in [0.05, 0.1) is 11.9 Å². The van der Waals surface area contributed by atoms with Gasteiger partial charge in [0.1, 0.15) is 5.69 Å². The summed E-state index contributed by atoms with van der Waals surface area (Å²) in [6, 6.07) is 0. The molecule has 2 heterocycles. The van der Waals surface area contributed by atoms with Crippen LogP contribution in [0, 0.1) is 5.92 Å². The van der Waals surface area contributed by atoms with Gasteiger partial charge in [-0.25, -0.2) is 0 Å². The summed E-state index contributed by atoms with van der Waals surface area (Å²) in [5.41, 5.74) is 6.62. The fourth-order valence-corrected chi connectivity index (χ4v) is 2.56. The Morgan fingerprint density at radius 2 is 2.21 bits per heavy atom. The molecule has 3 N–H and O–H groups in total. The van der Waals surface area contributed by atoms with E-state index in [4.69, 9.17) is 5.73 Å². The monoisotopic (exact) mass is 265 g/mol. The van der Waals surface area contributed by atoms with Crippen molar-refractivity contribution in [1.82, 2.24) is 20.0 Å². The molecule has 0 unspecified atom stereocenters. The van der Waals surface area contributed by atoms with Crippen molar-refractivity contribution in [1.29, 1.82) is 0 Å². The number of amides is 1. The quantitative estimate of drug-likeness (QED) is 0.829. The summed E-state index contributed by atoms with van der Waals surface area (Å²) in [7, 11) is 1.73. The van der Waals surface area contributed by atoms with Gasteiger partial charge in [-0.15, -0.1) is 0 Å². The lowest BCUT2D eigenvalue weighted by atomic mass is 9.97. The molecule has 0 radical (unpaired) electrons. The first-order chi connectivity index (χ1) is 9.11. The van der Waals surface area contributed by atoms with Crippen molar-refractivity contribution < 1.29 is 4.79 Å². The summed E-state index contributed by atoms with van der Waals surface area (Å²) in [5.74, 6) is 0.441. The molecule has 1 aliphatic heterocycles. The number of nitrogen functional groups attached to an aromatic ring is 1. The van der Waals surface area contributed by atoms with Gasteiger partial charge in [0.2, 0.25) is 0 Å². The topological polar surface area (TPSA) is 76.2 Å². The molecule has 0 atom stereocenters. The van der Waals surface area contributed by atoms with Gasteiger partial charge in [0.15, 0.2) is 0 Å². The molecule has 1 fully saturated rings. The molecule has 6 heteroatoms. The second-order valence-corrected chi connectivity index (χ2v) is 5.16. The van der Waals surface area contributed by atoms with Crippen molar-refractivity contribution in [2.45, 2.75) is 19.8 Å². The third-order valence-corrected chi connectivity index (χ3v) is 3.89. The smallest absolute Gasteiger partial charge is 0.271 e. The van der Waals surface area contributed by atoms with Gasteiger partial charge in [-0.3, -0.25) is 9.48 Å². The van der Waals surface area contributed by atoms with Gasteiger partial charge in [-0.2, -0.15) is 5.10 Å². The zero-order valence-corrected chi connectivity index (χ0v) is 11.7. The van der Waals surface area contributed by atoms with Crippen molar-refractivity contribution in [3.63, 3.8) is 0 Å². The van der Waals surface area contributed by atoms with E-state index in [-0.39, 0.29) is 5.91 Å². The average Bonchev–Trinajstić information content (AvgIpc) is 2.76. The number of likely N-dealkylation sites (tertiary alicyclic amines) is 1. The molecule has 1 saturated heterocycles. The molecule has 1 aliphatic rings. The maximum atomic E-state index is 12.0. The minimum atomic E-state index is -0.129. The second-order valence-electron chi connectivity index (χ2n) is 5.16. The molecule has 1 amide bonds. The second kappa shape index (κ2) is 6.06. The lowest BCUT2D eigenvalue weighted by molar-refractivity contribution is 0.0928. The van der Waals surface area contributed by atoms with Crippen LogP contribution in [0.4, 0.5) is 5.69 Å². The minimum absolute atomic E-state index is 0.129. The Balaban J connectivity index is 1.82. The molecular formula is C13H23N5O. The number of carbonyl (C=O) groups excluding carboxylic acids is 1. The van der Waals surface area contributed by atoms with E-state index >= 15 is 0 Å². The molecule has 0 spiro atoms. The van der Waals surface area contributed by atoms with Crippen LogP contribution in [0.25, 0.3) is 0 Å². The van der Waals surface area contributed by atoms with Crippen LogP contribution in [0.1, 0.15) is 30.3 Å². The summed E-state index contributed by atoms with van der Waals surface area (Å²) in [5, 5.41) is 6.95. The van der Waals surface area contributed by atoms with Gasteiger partial charge in [0, 0.05) is 13.6 Å². The zero-order valence-electron chi connectivity index (χ0n) is 11.7. The van der Waals surface area contributed by atoms with Crippen LogP contribution in [0.3, 0.4) is 0 Å². The first kappa shape index (κ1) is 13.9. The highest BCUT2D eigenvalue weighted by molar-refractivity contribution is 5.97. The first-order valence-corrected chi connectivity index (χ1v) is 6.89. The Bertz CT molecular complexity index is 415. The molecular weight excluding hydrogens is 242 g/mol. The van der Waals surface area contributed by atoms with Crippen LogP contribution in [0.5, 0.6) is 0 Å². The van der Waals surface area contributed by atoms with E-state index in [1.165, 1.54) is 10.9 Å². The highest BCUT2D eigenvalue weighted by Gasteiger charge is 2.20. The number of rotatable bonds is 4. The molecule has 2 rings (SSSR count). The molecule has 0 bridgehead atoms. The van der Waals surface area contributed by atoms with Crippen LogP contribution < -0.4 is 11.1 Å². The lowest BCUT2D eigenvalue weighted by Gasteiger charge is -2.31. The maximum absolute atomic E-state index is 12.0. The maximum Gasteiger partial charge on any atom is 0.271 e. The summed E-state index contributed by atoms with van der Waals surface area (Å²) < 4.78 is 1.52. The first-order valence-electron chi connectivity index (χ1n) is 6.89. The molecule has 0 saturated carbocycles. The highest BCUT2D eigenvalue weighted by Crippen LogP contribution is 2.16. The van der Waals surface area contributed by atoms with Gasteiger partial charge < -0.3 is 16.0 Å². The van der Waals surface area contributed by atoms with E-state index < -0.39 is 0 Å². The molecule has 19 heavy (non-hydrogen) atoms. The third-order valence-electron chi connectivity index (χ3n) is 3.89. The summed E-state index contributed by atoms with van der Waals surface area (Å²) in [6.45, 7) is 6.29. The summed E-state index contributed by atoms with van der Waals surface area (Å²) >= 11 is 0. The number of nitrogens with zero attached hydrogens (tertiary/aromatic N) is 3. The summed E-state index contributed by atoms with van der Waals surface area (Å²) in [6.07, 6.45) is 3.80. The standard InChI is InChI=1S/C13H23N5O/c1-3-18-6-4-10(5-7-18)8-15-13(19)12-11(14)9-16-17(12)2/h9-10H,3-8,14H2,1-2H3,(H,15,19). The van der Waals surface area contributed by atoms with Gasteiger partial charge in [-0.1, -0.05) is 6.92 Å². The molecule has 1 aromatic rings. The van der Waals surface area contributed by atoms with Crippen molar-refractivity contribution in [2.24, 2.45) is 13.0 Å². The van der Waals surface area contributed by atoms with Crippen molar-refractivity contribution >= 4 is 11.6 Å². The average molecular weight is 265 g/mol. The Hall–Kier alpha value is -1.56. The molecule has 6 nitrogen and oxygen atoms in total. The minimum Gasteiger partial charge on any atom is -0.396 e. The Kier molecular flexibility index (Phi) is 4.42. The Morgan fingerprint density at radius 1 is 1.53 bits per heavy atom. The van der Waals surface area contributed by atoms with Gasteiger partial charge in [-0.05, 0) is 38.4 Å². The number of hydrogen-bond acceptors (Lipinski definition) is 4. The SMILES string of the molecule is CCN1CCC(CNC(=O)c2c(N)cnn2C)CC1. The molecule has 106 valence electrons. The predicted octanol–water partition coefficient (Wildman–Crippen LogP) is 0.464. The molecule has 0 aromatic carbocycles. The Morgan fingerprint density at radius 3 is 2.74 bits per heavy atom. The molecule has 1 aromatic heterocycles. The van der Waals surface area contributed by atoms with Crippen LogP contribution in [-0.2, 0) is 7.05 Å². The van der Waals surface area contributed by atoms with Crippen LogP contribution in [-0.4, -0.2) is 46.8 Å². The molecule has 0 aliphatic carbocycles. The van der Waals surface area contributed by atoms with Crippen LogP contribution >= 0.6 is 0 Å². The fourth-order valence-electron chi connectivity index (χ4n) is 2.56. The lowest BCUT2D eigenvalue weighted by Crippen LogP contribution is -2.38. The largest absolute Gasteiger partial charge is 0.396 e. The number of carbonyl (C=O) groups is 1. The van der Waals surface area contributed by atoms with E-state index in [0.29, 0.717) is 17.3 Å². The van der Waals surface area contributed by atoms with Gasteiger partial charge in [0.25, 0.3) is 5.91 Å². The number of aromatic nitrogens is 2. The third kappa shape index (κ3) is 3.26. The number of nitrogens with one attached hydrogen (secondary N) is 1. The number of hydrogen-bond donors (Lipinski definition) is 2. The highest BCUT2D eigenvalue weighted by atomic mass is 16.2. The van der Waals surface area contributed by atoms with E-state index in [2.05, 4.69) is 22.2 Å². The number of anilines is 1. The predicted molar refractivity (Wildman–Crippen MR) is 74.8 cm³/mol.